The van der Waals surface area contributed by atoms with Crippen LogP contribution in [0.2, 0.25) is 0 Å². The number of allylic oxidation sites excluding steroid dienone is 1. The predicted octanol–water partition coefficient (Wildman–Crippen LogP) is 2.84. The van der Waals surface area contributed by atoms with Crippen molar-refractivity contribution in [3.05, 3.63) is 46.2 Å². The van der Waals surface area contributed by atoms with Gasteiger partial charge >= 0.3 is 12.0 Å². The van der Waals surface area contributed by atoms with Gasteiger partial charge in [0, 0.05) is 12.2 Å². The molecule has 5 heteroatoms. The summed E-state index contributed by atoms with van der Waals surface area (Å²) in [7, 11) is 1.36. The van der Waals surface area contributed by atoms with Crippen molar-refractivity contribution in [2.45, 2.75) is 33.7 Å². The van der Waals surface area contributed by atoms with Crippen molar-refractivity contribution >= 4 is 12.0 Å². The highest BCUT2D eigenvalue weighted by Gasteiger charge is 2.36. The summed E-state index contributed by atoms with van der Waals surface area (Å²) >= 11 is 0. The molecule has 2 rings (SSSR count). The number of hydrogen-bond donors (Lipinski definition) is 1. The molecule has 1 aromatic carbocycles. The Labute approximate surface area is 130 Å². The highest BCUT2D eigenvalue weighted by Crippen LogP contribution is 2.33. The first kappa shape index (κ1) is 16.1. The van der Waals surface area contributed by atoms with E-state index in [2.05, 4.69) is 5.32 Å². The molecule has 1 aromatic rings. The van der Waals surface area contributed by atoms with Crippen molar-refractivity contribution in [3.63, 3.8) is 0 Å². The summed E-state index contributed by atoms with van der Waals surface area (Å²) in [5.41, 5.74) is 4.15. The number of ether oxygens (including phenoxy) is 1. The number of carbonyl (C=O) groups excluding carboxylic acids is 2. The number of rotatable bonds is 3. The second-order valence-electron chi connectivity index (χ2n) is 5.48. The molecular weight excluding hydrogens is 280 g/mol. The summed E-state index contributed by atoms with van der Waals surface area (Å²) in [6.07, 6.45) is 0. The van der Waals surface area contributed by atoms with Gasteiger partial charge in [0.05, 0.1) is 18.7 Å². The van der Waals surface area contributed by atoms with E-state index in [9.17, 15) is 9.59 Å². The van der Waals surface area contributed by atoms with Crippen LogP contribution in [0.25, 0.3) is 0 Å². The Morgan fingerprint density at radius 2 is 2.00 bits per heavy atom. The molecule has 0 saturated heterocycles. The lowest BCUT2D eigenvalue weighted by molar-refractivity contribution is -0.136. The van der Waals surface area contributed by atoms with E-state index in [1.807, 2.05) is 39.0 Å². The van der Waals surface area contributed by atoms with Crippen molar-refractivity contribution in [2.24, 2.45) is 0 Å². The van der Waals surface area contributed by atoms with Gasteiger partial charge in [0.15, 0.2) is 0 Å². The molecule has 1 atom stereocenters. The van der Waals surface area contributed by atoms with E-state index < -0.39 is 12.0 Å². The molecule has 5 nitrogen and oxygen atoms in total. The predicted molar refractivity (Wildman–Crippen MR) is 84.3 cm³/mol. The van der Waals surface area contributed by atoms with Crippen molar-refractivity contribution in [1.82, 2.24) is 10.2 Å². The summed E-state index contributed by atoms with van der Waals surface area (Å²) in [4.78, 5) is 26.1. The van der Waals surface area contributed by atoms with Crippen LogP contribution < -0.4 is 5.32 Å². The Morgan fingerprint density at radius 3 is 2.59 bits per heavy atom. The molecule has 1 aliphatic heterocycles. The fraction of sp³-hybridized carbons (Fsp3) is 0.412. The number of nitrogens with zero attached hydrogens (tertiary/aromatic N) is 1. The van der Waals surface area contributed by atoms with Crippen molar-refractivity contribution in [3.8, 4) is 0 Å². The molecule has 0 aliphatic carbocycles. The van der Waals surface area contributed by atoms with E-state index in [0.717, 1.165) is 16.7 Å². The van der Waals surface area contributed by atoms with Crippen LogP contribution in [-0.4, -0.2) is 30.6 Å². The lowest BCUT2D eigenvalue weighted by atomic mass is 9.91. The second kappa shape index (κ2) is 6.22. The highest BCUT2D eigenvalue weighted by atomic mass is 16.5. The SMILES string of the molecule is CCN1C(=O)N[C@H](c2cc(C)ccc2C)C(C(=O)OC)=C1C. The van der Waals surface area contributed by atoms with E-state index in [-0.39, 0.29) is 6.03 Å². The molecule has 22 heavy (non-hydrogen) atoms. The van der Waals surface area contributed by atoms with Crippen LogP contribution in [0, 0.1) is 13.8 Å². The molecule has 0 saturated carbocycles. The lowest BCUT2D eigenvalue weighted by Gasteiger charge is -2.35. The fourth-order valence-corrected chi connectivity index (χ4v) is 2.84. The third kappa shape index (κ3) is 2.71. The molecule has 1 aliphatic rings. The zero-order chi connectivity index (χ0) is 16.4. The number of benzene rings is 1. The third-order valence-electron chi connectivity index (χ3n) is 4.06. The van der Waals surface area contributed by atoms with Gasteiger partial charge in [0.1, 0.15) is 0 Å². The number of nitrogens with one attached hydrogen (secondary N) is 1. The molecule has 0 fully saturated rings. The topological polar surface area (TPSA) is 58.6 Å². The van der Waals surface area contributed by atoms with Crippen LogP contribution in [0.4, 0.5) is 4.79 Å². The van der Waals surface area contributed by atoms with Crippen molar-refractivity contribution in [1.29, 1.82) is 0 Å². The van der Waals surface area contributed by atoms with Crippen LogP contribution in [0.3, 0.4) is 0 Å². The van der Waals surface area contributed by atoms with Crippen LogP contribution in [0.5, 0.6) is 0 Å². The Hall–Kier alpha value is -2.30. The van der Waals surface area contributed by atoms with Gasteiger partial charge in [-0.25, -0.2) is 9.59 Å². The maximum Gasteiger partial charge on any atom is 0.337 e. The van der Waals surface area contributed by atoms with E-state index in [1.165, 1.54) is 7.11 Å². The van der Waals surface area contributed by atoms with Crippen LogP contribution in [0.1, 0.15) is 36.6 Å². The van der Waals surface area contributed by atoms with Gasteiger partial charge in [-0.15, -0.1) is 0 Å². The van der Waals surface area contributed by atoms with E-state index in [4.69, 9.17) is 4.74 Å². The Balaban J connectivity index is 2.62. The summed E-state index contributed by atoms with van der Waals surface area (Å²) in [5.74, 6) is -0.415. The standard InChI is InChI=1S/C17H22N2O3/c1-6-19-12(4)14(16(20)22-5)15(18-17(19)21)13-9-10(2)7-8-11(13)3/h7-9,15H,6H2,1-5H3,(H,18,21)/t15-/m1/s1. The molecule has 1 heterocycles. The van der Waals surface area contributed by atoms with Gasteiger partial charge < -0.3 is 10.1 Å². The molecule has 0 spiro atoms. The summed E-state index contributed by atoms with van der Waals surface area (Å²) < 4.78 is 4.94. The molecule has 0 unspecified atom stereocenters. The van der Waals surface area contributed by atoms with Gasteiger partial charge in [-0.3, -0.25) is 4.90 Å². The summed E-state index contributed by atoms with van der Waals surface area (Å²) in [5, 5.41) is 2.93. The second-order valence-corrected chi connectivity index (χ2v) is 5.48. The number of carbonyl (C=O) groups is 2. The van der Waals surface area contributed by atoms with E-state index >= 15 is 0 Å². The van der Waals surface area contributed by atoms with Gasteiger partial charge in [-0.2, -0.15) is 0 Å². The molecule has 0 radical (unpaired) electrons. The number of methoxy groups -OCH3 is 1. The van der Waals surface area contributed by atoms with E-state index in [1.54, 1.807) is 11.8 Å². The van der Waals surface area contributed by atoms with Gasteiger partial charge in [-0.1, -0.05) is 23.8 Å². The lowest BCUT2D eigenvalue weighted by Crippen LogP contribution is -2.48. The smallest absolute Gasteiger partial charge is 0.337 e. The molecule has 0 bridgehead atoms. The largest absolute Gasteiger partial charge is 0.466 e. The minimum atomic E-state index is -0.484. The first-order valence-corrected chi connectivity index (χ1v) is 7.35. The minimum absolute atomic E-state index is 0.196. The first-order chi connectivity index (χ1) is 10.4. The number of aryl methyl sites for hydroxylation is 2. The Kier molecular flexibility index (Phi) is 4.54. The van der Waals surface area contributed by atoms with Gasteiger partial charge in [0.25, 0.3) is 0 Å². The highest BCUT2D eigenvalue weighted by molar-refractivity contribution is 5.95. The Morgan fingerprint density at radius 1 is 1.32 bits per heavy atom. The average Bonchev–Trinajstić information content (AvgIpc) is 2.49. The Bertz CT molecular complexity index is 649. The summed E-state index contributed by atoms with van der Waals surface area (Å²) in [6.45, 7) is 8.11. The molecular formula is C17H22N2O3. The normalized spacial score (nSPS) is 18.3. The molecule has 2 amide bonds. The number of urea groups is 1. The number of esters is 1. The van der Waals surface area contributed by atoms with Crippen molar-refractivity contribution in [2.75, 3.05) is 13.7 Å². The quantitative estimate of drug-likeness (QED) is 0.873. The van der Waals surface area contributed by atoms with Gasteiger partial charge in [-0.05, 0) is 38.8 Å². The molecule has 1 N–H and O–H groups in total. The van der Waals surface area contributed by atoms with Crippen LogP contribution >= 0.6 is 0 Å². The number of amides is 2. The maximum atomic E-state index is 12.3. The fourth-order valence-electron chi connectivity index (χ4n) is 2.84. The van der Waals surface area contributed by atoms with Crippen LogP contribution in [-0.2, 0) is 9.53 Å². The average molecular weight is 302 g/mol. The zero-order valence-corrected chi connectivity index (χ0v) is 13.7. The van der Waals surface area contributed by atoms with Gasteiger partial charge in [0.2, 0.25) is 0 Å². The van der Waals surface area contributed by atoms with E-state index in [0.29, 0.717) is 17.8 Å². The maximum absolute atomic E-state index is 12.3. The van der Waals surface area contributed by atoms with Crippen molar-refractivity contribution < 1.29 is 14.3 Å². The molecule has 0 aromatic heterocycles. The van der Waals surface area contributed by atoms with Crippen LogP contribution in [0.15, 0.2) is 29.5 Å². The first-order valence-electron chi connectivity index (χ1n) is 7.35. The zero-order valence-electron chi connectivity index (χ0n) is 13.7. The number of hydrogen-bond acceptors (Lipinski definition) is 3. The third-order valence-corrected chi connectivity index (χ3v) is 4.06. The minimum Gasteiger partial charge on any atom is -0.466 e. The molecule has 118 valence electrons. The monoisotopic (exact) mass is 302 g/mol. The summed E-state index contributed by atoms with van der Waals surface area (Å²) in [6, 6.07) is 5.32.